The average molecular weight is 214 g/mol. The zero-order chi connectivity index (χ0) is 8.59. The second-order valence-corrected chi connectivity index (χ2v) is 3.71. The molecule has 0 heterocycles. The summed E-state index contributed by atoms with van der Waals surface area (Å²) in [5.41, 5.74) is 9.25. The van der Waals surface area contributed by atoms with Crippen molar-refractivity contribution in [2.75, 3.05) is 0 Å². The maximum atomic E-state index is 5.85. The highest BCUT2D eigenvalue weighted by Crippen LogP contribution is 2.29. The molecule has 0 fully saturated rings. The van der Waals surface area contributed by atoms with Crippen LogP contribution in [-0.2, 0) is 0 Å². The van der Waals surface area contributed by atoms with Crippen LogP contribution in [0.25, 0.3) is 0 Å². The summed E-state index contributed by atoms with van der Waals surface area (Å²) in [4.78, 5) is 0. The molecule has 0 aliphatic heterocycles. The second-order valence-electron chi connectivity index (χ2n) is 2.85. The second kappa shape index (κ2) is 2.95. The van der Waals surface area contributed by atoms with Gasteiger partial charge in [0.25, 0.3) is 0 Å². The van der Waals surface area contributed by atoms with Crippen molar-refractivity contribution in [1.82, 2.24) is 0 Å². The van der Waals surface area contributed by atoms with E-state index in [0.717, 1.165) is 10.1 Å². The molecule has 1 rings (SSSR count). The number of nitrogens with two attached hydrogens (primary N) is 1. The maximum Gasteiger partial charge on any atom is 0.0508 e. The van der Waals surface area contributed by atoms with E-state index < -0.39 is 0 Å². The summed E-state index contributed by atoms with van der Waals surface area (Å²) in [5, 5.41) is 0. The number of hydrogen-bond acceptors (Lipinski definition) is 1. The largest absolute Gasteiger partial charge is 0.321 e. The highest BCUT2D eigenvalue weighted by Gasteiger charge is 2.16. The van der Waals surface area contributed by atoms with Crippen molar-refractivity contribution in [2.24, 2.45) is 5.73 Å². The normalized spacial score (nSPS) is 25.6. The first-order valence-electron chi connectivity index (χ1n) is 3.53. The molecule has 0 saturated heterocycles. The zero-order valence-electron chi connectivity index (χ0n) is 6.82. The van der Waals surface area contributed by atoms with Crippen molar-refractivity contribution >= 4 is 15.9 Å². The zero-order valence-corrected chi connectivity index (χ0v) is 8.40. The first kappa shape index (κ1) is 8.75. The van der Waals surface area contributed by atoms with Crippen molar-refractivity contribution in [3.63, 3.8) is 0 Å². The molecule has 2 N–H and O–H groups in total. The van der Waals surface area contributed by atoms with Crippen LogP contribution >= 0.6 is 15.9 Å². The lowest BCUT2D eigenvalue weighted by Crippen LogP contribution is -2.25. The Morgan fingerprint density at radius 1 is 1.55 bits per heavy atom. The molecule has 1 aliphatic carbocycles. The SMILES string of the molecule is C=C1C=C(Br)C(C)=C(C)C1N. The summed E-state index contributed by atoms with van der Waals surface area (Å²) in [6, 6.07) is 0.0105. The first-order valence-corrected chi connectivity index (χ1v) is 4.32. The third kappa shape index (κ3) is 1.47. The van der Waals surface area contributed by atoms with Gasteiger partial charge >= 0.3 is 0 Å². The molecule has 11 heavy (non-hydrogen) atoms. The Kier molecular flexibility index (Phi) is 2.35. The van der Waals surface area contributed by atoms with Crippen LogP contribution < -0.4 is 5.73 Å². The number of allylic oxidation sites excluding steroid dienone is 2. The lowest BCUT2D eigenvalue weighted by atomic mass is 9.92. The lowest BCUT2D eigenvalue weighted by Gasteiger charge is -2.21. The predicted molar refractivity (Wildman–Crippen MR) is 52.5 cm³/mol. The van der Waals surface area contributed by atoms with Gasteiger partial charge in [0.1, 0.15) is 0 Å². The van der Waals surface area contributed by atoms with Crippen LogP contribution in [-0.4, -0.2) is 6.04 Å². The van der Waals surface area contributed by atoms with Crippen LogP contribution in [0.2, 0.25) is 0 Å². The number of rotatable bonds is 0. The van der Waals surface area contributed by atoms with Crippen molar-refractivity contribution in [3.8, 4) is 0 Å². The Morgan fingerprint density at radius 2 is 2.09 bits per heavy atom. The fourth-order valence-electron chi connectivity index (χ4n) is 1.06. The van der Waals surface area contributed by atoms with Crippen molar-refractivity contribution in [2.45, 2.75) is 19.9 Å². The van der Waals surface area contributed by atoms with Crippen LogP contribution in [0.1, 0.15) is 13.8 Å². The van der Waals surface area contributed by atoms with E-state index in [1.165, 1.54) is 11.1 Å². The molecule has 60 valence electrons. The van der Waals surface area contributed by atoms with E-state index >= 15 is 0 Å². The highest BCUT2D eigenvalue weighted by molar-refractivity contribution is 9.12. The molecule has 0 aromatic rings. The van der Waals surface area contributed by atoms with E-state index in [1.54, 1.807) is 0 Å². The van der Waals surface area contributed by atoms with E-state index in [9.17, 15) is 0 Å². The molecule has 1 aliphatic rings. The summed E-state index contributed by atoms with van der Waals surface area (Å²) in [5.74, 6) is 0. The van der Waals surface area contributed by atoms with Gasteiger partial charge in [-0.1, -0.05) is 22.5 Å². The molecule has 2 heteroatoms. The molecule has 0 spiro atoms. The Morgan fingerprint density at radius 3 is 2.64 bits per heavy atom. The van der Waals surface area contributed by atoms with Crippen molar-refractivity contribution in [1.29, 1.82) is 0 Å². The Balaban J connectivity index is 3.12. The van der Waals surface area contributed by atoms with E-state index in [4.69, 9.17) is 5.73 Å². The molecule has 1 atom stereocenters. The van der Waals surface area contributed by atoms with E-state index in [1.807, 2.05) is 13.0 Å². The fourth-order valence-corrected chi connectivity index (χ4v) is 1.67. The number of hydrogen-bond donors (Lipinski definition) is 1. The van der Waals surface area contributed by atoms with Gasteiger partial charge in [-0.25, -0.2) is 0 Å². The highest BCUT2D eigenvalue weighted by atomic mass is 79.9. The first-order chi connectivity index (χ1) is 5.04. The molecular weight excluding hydrogens is 202 g/mol. The third-order valence-corrected chi connectivity index (χ3v) is 2.95. The predicted octanol–water partition coefficient (Wildman–Crippen LogP) is 2.50. The van der Waals surface area contributed by atoms with E-state index in [-0.39, 0.29) is 6.04 Å². The molecule has 0 bridgehead atoms. The van der Waals surface area contributed by atoms with Crippen molar-refractivity contribution in [3.05, 3.63) is 33.9 Å². The van der Waals surface area contributed by atoms with E-state index in [2.05, 4.69) is 29.4 Å². The quantitative estimate of drug-likeness (QED) is 0.658. The van der Waals surface area contributed by atoms with Gasteiger partial charge in [0.05, 0.1) is 6.04 Å². The molecule has 0 saturated carbocycles. The van der Waals surface area contributed by atoms with Crippen LogP contribution in [0.5, 0.6) is 0 Å². The molecular formula is C9H12BrN. The Bertz CT molecular complexity index is 261. The van der Waals surface area contributed by atoms with Gasteiger partial charge in [0.15, 0.2) is 0 Å². The molecule has 1 unspecified atom stereocenters. The summed E-state index contributed by atoms with van der Waals surface area (Å²) < 4.78 is 1.10. The summed E-state index contributed by atoms with van der Waals surface area (Å²) in [7, 11) is 0. The van der Waals surface area contributed by atoms with Gasteiger partial charge in [0, 0.05) is 4.48 Å². The lowest BCUT2D eigenvalue weighted by molar-refractivity contribution is 0.887. The topological polar surface area (TPSA) is 26.0 Å². The minimum atomic E-state index is 0.0105. The minimum Gasteiger partial charge on any atom is -0.321 e. The fraction of sp³-hybridized carbons (Fsp3) is 0.333. The smallest absolute Gasteiger partial charge is 0.0508 e. The van der Waals surface area contributed by atoms with Gasteiger partial charge < -0.3 is 5.73 Å². The number of halogens is 1. The minimum absolute atomic E-state index is 0.0105. The summed E-state index contributed by atoms with van der Waals surface area (Å²) in [6.45, 7) is 7.96. The molecule has 0 aromatic heterocycles. The van der Waals surface area contributed by atoms with Crippen LogP contribution in [0.4, 0.5) is 0 Å². The molecule has 0 aromatic carbocycles. The van der Waals surface area contributed by atoms with Gasteiger partial charge in [-0.15, -0.1) is 0 Å². The Hall–Kier alpha value is -0.340. The maximum absolute atomic E-state index is 5.85. The molecule has 1 nitrogen and oxygen atoms in total. The molecule has 0 radical (unpaired) electrons. The summed E-state index contributed by atoms with van der Waals surface area (Å²) >= 11 is 3.45. The van der Waals surface area contributed by atoms with Gasteiger partial charge in [0.2, 0.25) is 0 Å². The van der Waals surface area contributed by atoms with Gasteiger partial charge in [-0.05, 0) is 36.6 Å². The van der Waals surface area contributed by atoms with Crippen LogP contribution in [0, 0.1) is 0 Å². The third-order valence-electron chi connectivity index (χ3n) is 2.13. The molecule has 0 amide bonds. The Labute approximate surface area is 75.8 Å². The van der Waals surface area contributed by atoms with E-state index in [0.29, 0.717) is 0 Å². The van der Waals surface area contributed by atoms with Crippen molar-refractivity contribution < 1.29 is 0 Å². The van der Waals surface area contributed by atoms with Gasteiger partial charge in [-0.3, -0.25) is 0 Å². The van der Waals surface area contributed by atoms with Crippen LogP contribution in [0.15, 0.2) is 33.9 Å². The average Bonchev–Trinajstić information content (AvgIpc) is 1.97. The standard InChI is InChI=1S/C9H12BrN/c1-5-4-8(10)6(2)7(3)9(5)11/h4,9H,1,11H2,2-3H3. The summed E-state index contributed by atoms with van der Waals surface area (Å²) in [6.07, 6.45) is 1.98. The monoisotopic (exact) mass is 213 g/mol. The van der Waals surface area contributed by atoms with Gasteiger partial charge in [-0.2, -0.15) is 0 Å². The van der Waals surface area contributed by atoms with Crippen LogP contribution in [0.3, 0.4) is 0 Å².